The predicted octanol–water partition coefficient (Wildman–Crippen LogP) is 5.25. The van der Waals surface area contributed by atoms with E-state index in [1.807, 2.05) is 18.7 Å². The molecule has 0 aromatic heterocycles. The van der Waals surface area contributed by atoms with Crippen molar-refractivity contribution >= 4 is 23.4 Å². The summed E-state index contributed by atoms with van der Waals surface area (Å²) >= 11 is 7.95. The maximum atomic E-state index is 6.11. The molecule has 0 aliphatic carbocycles. The lowest BCUT2D eigenvalue weighted by Crippen LogP contribution is -1.83. The number of rotatable bonds is 3. The van der Waals surface area contributed by atoms with Crippen LogP contribution in [0.25, 0.3) is 0 Å². The van der Waals surface area contributed by atoms with Crippen molar-refractivity contribution in [2.45, 2.75) is 24.5 Å². The Bertz CT molecular complexity index is 503. The van der Waals surface area contributed by atoms with Gasteiger partial charge in [0.1, 0.15) is 0 Å². The minimum atomic E-state index is 0.854. The average Bonchev–Trinajstić information content (AvgIpc) is 2.33. The van der Waals surface area contributed by atoms with Gasteiger partial charge in [-0.15, -0.1) is 11.8 Å². The first kappa shape index (κ1) is 12.5. The van der Waals surface area contributed by atoms with E-state index in [1.54, 1.807) is 0 Å². The third-order valence-corrected chi connectivity index (χ3v) is 4.15. The Kier molecular flexibility index (Phi) is 4.14. The lowest BCUT2D eigenvalue weighted by Gasteiger charge is -2.04. The summed E-state index contributed by atoms with van der Waals surface area (Å²) in [6.07, 6.45) is 0. The Labute approximate surface area is 112 Å². The van der Waals surface area contributed by atoms with Gasteiger partial charge in [-0.25, -0.2) is 0 Å². The van der Waals surface area contributed by atoms with E-state index >= 15 is 0 Å². The molecule has 0 saturated carbocycles. The van der Waals surface area contributed by atoms with Crippen LogP contribution in [0.3, 0.4) is 0 Å². The van der Waals surface area contributed by atoms with Crippen LogP contribution in [0.4, 0.5) is 0 Å². The first-order chi connectivity index (χ1) is 8.15. The van der Waals surface area contributed by atoms with Gasteiger partial charge in [-0.3, -0.25) is 0 Å². The van der Waals surface area contributed by atoms with Crippen molar-refractivity contribution in [1.29, 1.82) is 0 Å². The van der Waals surface area contributed by atoms with E-state index in [2.05, 4.69) is 49.4 Å². The van der Waals surface area contributed by atoms with E-state index < -0.39 is 0 Å². The highest BCUT2D eigenvalue weighted by molar-refractivity contribution is 7.98. The molecule has 0 aliphatic heterocycles. The van der Waals surface area contributed by atoms with E-state index in [1.165, 1.54) is 16.0 Å². The Hall–Kier alpha value is -0.920. The minimum Gasteiger partial charge on any atom is -0.121 e. The van der Waals surface area contributed by atoms with Crippen LogP contribution in [0.1, 0.15) is 16.7 Å². The van der Waals surface area contributed by atoms with Crippen LogP contribution in [-0.4, -0.2) is 0 Å². The summed E-state index contributed by atoms with van der Waals surface area (Å²) in [7, 11) is 0. The fourth-order valence-electron chi connectivity index (χ4n) is 1.53. The average molecular weight is 263 g/mol. The van der Waals surface area contributed by atoms with Gasteiger partial charge >= 0.3 is 0 Å². The zero-order valence-corrected chi connectivity index (χ0v) is 11.6. The van der Waals surface area contributed by atoms with Gasteiger partial charge in [0.2, 0.25) is 0 Å². The highest BCUT2D eigenvalue weighted by atomic mass is 35.5. The van der Waals surface area contributed by atoms with Gasteiger partial charge in [-0.2, -0.15) is 0 Å². The van der Waals surface area contributed by atoms with Gasteiger partial charge in [-0.1, -0.05) is 41.4 Å². The quantitative estimate of drug-likeness (QED) is 0.681. The molecule has 0 radical (unpaired) electrons. The highest BCUT2D eigenvalue weighted by Crippen LogP contribution is 2.25. The highest BCUT2D eigenvalue weighted by Gasteiger charge is 1.99. The summed E-state index contributed by atoms with van der Waals surface area (Å²) in [5.41, 5.74) is 3.70. The van der Waals surface area contributed by atoms with E-state index in [0.29, 0.717) is 0 Å². The van der Waals surface area contributed by atoms with Crippen molar-refractivity contribution in [3.05, 3.63) is 64.2 Å². The van der Waals surface area contributed by atoms with Crippen LogP contribution >= 0.6 is 23.4 Å². The summed E-state index contributed by atoms with van der Waals surface area (Å²) in [5, 5.41) is 0.854. The van der Waals surface area contributed by atoms with E-state index in [9.17, 15) is 0 Å². The summed E-state index contributed by atoms with van der Waals surface area (Å²) in [5.74, 6) is 0.961. The van der Waals surface area contributed by atoms with Crippen LogP contribution in [-0.2, 0) is 5.75 Å². The molecule has 0 aliphatic rings. The first-order valence-electron chi connectivity index (χ1n) is 5.59. The second-order valence-corrected chi connectivity index (χ2v) is 5.64. The molecule has 2 aromatic carbocycles. The van der Waals surface area contributed by atoms with Crippen LogP contribution in [0, 0.1) is 13.8 Å². The van der Waals surface area contributed by atoms with Crippen molar-refractivity contribution in [2.75, 3.05) is 0 Å². The van der Waals surface area contributed by atoms with Crippen LogP contribution in [0.5, 0.6) is 0 Å². The summed E-state index contributed by atoms with van der Waals surface area (Å²) in [4.78, 5) is 1.30. The molecule has 0 fully saturated rings. The molecule has 2 rings (SSSR count). The molecule has 0 heterocycles. The van der Waals surface area contributed by atoms with Crippen molar-refractivity contribution < 1.29 is 0 Å². The Morgan fingerprint density at radius 2 is 1.71 bits per heavy atom. The normalized spacial score (nSPS) is 10.5. The maximum absolute atomic E-state index is 6.11. The topological polar surface area (TPSA) is 0 Å². The predicted molar refractivity (Wildman–Crippen MR) is 76.9 cm³/mol. The second-order valence-electron chi connectivity index (χ2n) is 4.19. The number of thioether (sulfide) groups is 1. The van der Waals surface area contributed by atoms with Crippen molar-refractivity contribution in [3.8, 4) is 0 Å². The Balaban J connectivity index is 2.02. The monoisotopic (exact) mass is 262 g/mol. The van der Waals surface area contributed by atoms with Crippen LogP contribution in [0.15, 0.2) is 47.4 Å². The number of aryl methyl sites for hydroxylation is 2. The Morgan fingerprint density at radius 1 is 1.00 bits per heavy atom. The molecule has 0 unspecified atom stereocenters. The number of benzene rings is 2. The smallest absolute Gasteiger partial charge is 0.0438 e. The zero-order valence-electron chi connectivity index (χ0n) is 10.0. The van der Waals surface area contributed by atoms with Gasteiger partial charge in [-0.05, 0) is 43.2 Å². The molecule has 0 bridgehead atoms. The molecule has 88 valence electrons. The molecule has 0 spiro atoms. The molecule has 0 atom stereocenters. The standard InChI is InChI=1S/C15H15ClS/c1-11-3-7-14(8-4-11)17-10-13-6-5-12(2)15(16)9-13/h3-9H,10H2,1-2H3. The fraction of sp³-hybridized carbons (Fsp3) is 0.200. The SMILES string of the molecule is Cc1ccc(SCc2ccc(C)c(Cl)c2)cc1. The van der Waals surface area contributed by atoms with Crippen molar-refractivity contribution in [2.24, 2.45) is 0 Å². The fourth-order valence-corrected chi connectivity index (χ4v) is 2.57. The van der Waals surface area contributed by atoms with Gasteiger partial charge < -0.3 is 0 Å². The molecule has 0 saturated heterocycles. The molecule has 2 aromatic rings. The number of hydrogen-bond acceptors (Lipinski definition) is 1. The van der Waals surface area contributed by atoms with E-state index in [-0.39, 0.29) is 0 Å². The lowest BCUT2D eigenvalue weighted by atomic mass is 10.2. The number of hydrogen-bond donors (Lipinski definition) is 0. The van der Waals surface area contributed by atoms with E-state index in [0.717, 1.165) is 16.3 Å². The third kappa shape index (κ3) is 3.52. The second kappa shape index (κ2) is 5.61. The number of halogens is 1. The summed E-state index contributed by atoms with van der Waals surface area (Å²) in [6.45, 7) is 4.13. The largest absolute Gasteiger partial charge is 0.121 e. The summed E-state index contributed by atoms with van der Waals surface area (Å²) in [6, 6.07) is 14.9. The van der Waals surface area contributed by atoms with Gasteiger partial charge in [0, 0.05) is 15.7 Å². The van der Waals surface area contributed by atoms with Gasteiger partial charge in [0.05, 0.1) is 0 Å². The Morgan fingerprint density at radius 3 is 2.35 bits per heavy atom. The van der Waals surface area contributed by atoms with Crippen LogP contribution < -0.4 is 0 Å². The molecule has 0 N–H and O–H groups in total. The third-order valence-electron chi connectivity index (χ3n) is 2.66. The van der Waals surface area contributed by atoms with Crippen molar-refractivity contribution in [3.63, 3.8) is 0 Å². The van der Waals surface area contributed by atoms with Crippen molar-refractivity contribution in [1.82, 2.24) is 0 Å². The van der Waals surface area contributed by atoms with Crippen LogP contribution in [0.2, 0.25) is 5.02 Å². The molecule has 0 nitrogen and oxygen atoms in total. The molecular weight excluding hydrogens is 248 g/mol. The molecule has 0 amide bonds. The zero-order chi connectivity index (χ0) is 12.3. The van der Waals surface area contributed by atoms with E-state index in [4.69, 9.17) is 11.6 Å². The molecular formula is C15H15ClS. The summed E-state index contributed by atoms with van der Waals surface area (Å²) < 4.78 is 0. The first-order valence-corrected chi connectivity index (χ1v) is 6.96. The molecule has 17 heavy (non-hydrogen) atoms. The lowest BCUT2D eigenvalue weighted by molar-refractivity contribution is 1.34. The minimum absolute atomic E-state index is 0.854. The maximum Gasteiger partial charge on any atom is 0.0438 e. The van der Waals surface area contributed by atoms with Gasteiger partial charge in [0.15, 0.2) is 0 Å². The molecule has 2 heteroatoms. The van der Waals surface area contributed by atoms with Gasteiger partial charge in [0.25, 0.3) is 0 Å².